The molecule has 0 aliphatic heterocycles. The van der Waals surface area contributed by atoms with E-state index >= 15 is 0 Å². The molecular weight excluding hydrogens is 260 g/mol. The van der Waals surface area contributed by atoms with Crippen molar-refractivity contribution in [3.63, 3.8) is 0 Å². The van der Waals surface area contributed by atoms with E-state index in [-0.39, 0.29) is 0 Å². The van der Waals surface area contributed by atoms with Gasteiger partial charge in [-0.3, -0.25) is 0 Å². The number of anilines is 1. The van der Waals surface area contributed by atoms with Gasteiger partial charge in [-0.2, -0.15) is 0 Å². The molecule has 0 fully saturated rings. The summed E-state index contributed by atoms with van der Waals surface area (Å²) >= 11 is 0. The van der Waals surface area contributed by atoms with Gasteiger partial charge in [0.2, 0.25) is 5.88 Å². The number of ether oxygens (including phenoxy) is 1. The van der Waals surface area contributed by atoms with E-state index in [1.807, 2.05) is 18.3 Å². The number of methoxy groups -OCH3 is 1. The van der Waals surface area contributed by atoms with Crippen LogP contribution in [0.25, 0.3) is 0 Å². The van der Waals surface area contributed by atoms with Crippen molar-refractivity contribution in [2.45, 2.75) is 39.2 Å². The molecule has 0 unspecified atom stereocenters. The van der Waals surface area contributed by atoms with Crippen LogP contribution >= 0.6 is 0 Å². The lowest BCUT2D eigenvalue weighted by atomic mass is 10.1. The first kappa shape index (κ1) is 15.4. The summed E-state index contributed by atoms with van der Waals surface area (Å²) in [5.41, 5.74) is 3.70. The van der Waals surface area contributed by atoms with Crippen molar-refractivity contribution in [3.05, 3.63) is 53.7 Å². The third-order valence-electron chi connectivity index (χ3n) is 3.53. The fourth-order valence-corrected chi connectivity index (χ4v) is 2.21. The number of rotatable bonds is 8. The Morgan fingerprint density at radius 2 is 1.76 bits per heavy atom. The van der Waals surface area contributed by atoms with E-state index in [0.717, 1.165) is 17.8 Å². The molecule has 1 N–H and O–H groups in total. The van der Waals surface area contributed by atoms with Crippen LogP contribution in [0.5, 0.6) is 5.88 Å². The van der Waals surface area contributed by atoms with Gasteiger partial charge in [-0.15, -0.1) is 0 Å². The predicted molar refractivity (Wildman–Crippen MR) is 87.8 cm³/mol. The van der Waals surface area contributed by atoms with Gasteiger partial charge in [0, 0.05) is 24.5 Å². The standard InChI is InChI=1S/C18H24N2O/c1-3-4-5-6-15-7-10-17(11-8-15)19-13-16-9-12-18(21-2)20-14-16/h7-12,14,19H,3-6,13H2,1-2H3. The summed E-state index contributed by atoms with van der Waals surface area (Å²) in [4.78, 5) is 4.20. The molecule has 21 heavy (non-hydrogen) atoms. The van der Waals surface area contributed by atoms with Gasteiger partial charge < -0.3 is 10.1 Å². The predicted octanol–water partition coefficient (Wildman–Crippen LogP) is 4.44. The summed E-state index contributed by atoms with van der Waals surface area (Å²) in [7, 11) is 1.63. The Hall–Kier alpha value is -2.03. The van der Waals surface area contributed by atoms with E-state index in [2.05, 4.69) is 41.5 Å². The molecule has 0 atom stereocenters. The number of nitrogens with zero attached hydrogens (tertiary/aromatic N) is 1. The number of unbranched alkanes of at least 4 members (excludes halogenated alkanes) is 2. The van der Waals surface area contributed by atoms with Crippen LogP contribution in [0, 0.1) is 0 Å². The Balaban J connectivity index is 1.82. The zero-order valence-corrected chi connectivity index (χ0v) is 12.9. The van der Waals surface area contributed by atoms with E-state index in [0.29, 0.717) is 5.88 Å². The molecule has 2 rings (SSSR count). The first-order valence-corrected chi connectivity index (χ1v) is 7.63. The van der Waals surface area contributed by atoms with Gasteiger partial charge in [-0.1, -0.05) is 38.0 Å². The highest BCUT2D eigenvalue weighted by atomic mass is 16.5. The zero-order valence-electron chi connectivity index (χ0n) is 12.9. The molecule has 0 radical (unpaired) electrons. The fraction of sp³-hybridized carbons (Fsp3) is 0.389. The second-order valence-electron chi connectivity index (χ2n) is 5.22. The van der Waals surface area contributed by atoms with Crippen LogP contribution in [0.1, 0.15) is 37.3 Å². The number of aryl methyl sites for hydroxylation is 1. The third kappa shape index (κ3) is 5.10. The van der Waals surface area contributed by atoms with Crippen molar-refractivity contribution in [1.29, 1.82) is 0 Å². The van der Waals surface area contributed by atoms with Crippen molar-refractivity contribution in [2.75, 3.05) is 12.4 Å². The van der Waals surface area contributed by atoms with E-state index in [9.17, 15) is 0 Å². The molecule has 0 spiro atoms. The Kier molecular flexibility index (Phi) is 6.07. The van der Waals surface area contributed by atoms with E-state index in [1.54, 1.807) is 7.11 Å². The second-order valence-corrected chi connectivity index (χ2v) is 5.22. The van der Waals surface area contributed by atoms with Crippen LogP contribution < -0.4 is 10.1 Å². The number of hydrogen-bond donors (Lipinski definition) is 1. The molecule has 2 aromatic rings. The second kappa shape index (κ2) is 8.30. The molecule has 0 saturated carbocycles. The van der Waals surface area contributed by atoms with Crippen molar-refractivity contribution < 1.29 is 4.74 Å². The third-order valence-corrected chi connectivity index (χ3v) is 3.53. The Morgan fingerprint density at radius 3 is 2.38 bits per heavy atom. The maximum Gasteiger partial charge on any atom is 0.212 e. The monoisotopic (exact) mass is 284 g/mol. The van der Waals surface area contributed by atoms with Gasteiger partial charge in [-0.05, 0) is 36.1 Å². The van der Waals surface area contributed by atoms with Gasteiger partial charge in [0.05, 0.1) is 7.11 Å². The molecule has 1 aromatic carbocycles. The highest BCUT2D eigenvalue weighted by Gasteiger charge is 1.98. The SMILES string of the molecule is CCCCCc1ccc(NCc2ccc(OC)nc2)cc1. The van der Waals surface area contributed by atoms with Gasteiger partial charge >= 0.3 is 0 Å². The first-order chi connectivity index (χ1) is 10.3. The maximum atomic E-state index is 5.05. The molecule has 0 saturated heterocycles. The summed E-state index contributed by atoms with van der Waals surface area (Å²) in [6.07, 6.45) is 6.88. The van der Waals surface area contributed by atoms with Crippen LogP contribution in [-0.4, -0.2) is 12.1 Å². The van der Waals surface area contributed by atoms with Gasteiger partial charge in [0.25, 0.3) is 0 Å². The van der Waals surface area contributed by atoms with Gasteiger partial charge in [0.1, 0.15) is 0 Å². The highest BCUT2D eigenvalue weighted by molar-refractivity contribution is 5.45. The lowest BCUT2D eigenvalue weighted by Crippen LogP contribution is -2.00. The summed E-state index contributed by atoms with van der Waals surface area (Å²) in [5.74, 6) is 0.648. The topological polar surface area (TPSA) is 34.1 Å². The smallest absolute Gasteiger partial charge is 0.212 e. The van der Waals surface area contributed by atoms with Crippen LogP contribution in [0.15, 0.2) is 42.6 Å². The summed E-state index contributed by atoms with van der Waals surface area (Å²) < 4.78 is 5.05. The van der Waals surface area contributed by atoms with Crippen LogP contribution in [0.4, 0.5) is 5.69 Å². The van der Waals surface area contributed by atoms with E-state index in [1.165, 1.54) is 31.2 Å². The Morgan fingerprint density at radius 1 is 1.00 bits per heavy atom. The minimum absolute atomic E-state index is 0.648. The molecule has 0 bridgehead atoms. The summed E-state index contributed by atoms with van der Waals surface area (Å²) in [6.45, 7) is 3.01. The quantitative estimate of drug-likeness (QED) is 0.728. The van der Waals surface area contributed by atoms with Gasteiger partial charge in [0.15, 0.2) is 0 Å². The Labute approximate surface area is 127 Å². The van der Waals surface area contributed by atoms with Crippen LogP contribution in [-0.2, 0) is 13.0 Å². The van der Waals surface area contributed by atoms with Crippen molar-refractivity contribution in [2.24, 2.45) is 0 Å². The molecule has 1 aromatic heterocycles. The van der Waals surface area contributed by atoms with E-state index < -0.39 is 0 Å². The minimum atomic E-state index is 0.648. The Bertz CT molecular complexity index is 520. The number of benzene rings is 1. The normalized spacial score (nSPS) is 10.4. The number of pyridine rings is 1. The average Bonchev–Trinajstić information content (AvgIpc) is 2.55. The molecule has 0 amide bonds. The highest BCUT2D eigenvalue weighted by Crippen LogP contribution is 2.14. The number of hydrogen-bond acceptors (Lipinski definition) is 3. The molecule has 3 heteroatoms. The first-order valence-electron chi connectivity index (χ1n) is 7.63. The average molecular weight is 284 g/mol. The number of nitrogens with one attached hydrogen (secondary N) is 1. The molecule has 3 nitrogen and oxygen atoms in total. The van der Waals surface area contributed by atoms with Crippen LogP contribution in [0.2, 0.25) is 0 Å². The van der Waals surface area contributed by atoms with Crippen molar-refractivity contribution in [1.82, 2.24) is 4.98 Å². The largest absolute Gasteiger partial charge is 0.481 e. The minimum Gasteiger partial charge on any atom is -0.481 e. The lowest BCUT2D eigenvalue weighted by Gasteiger charge is -2.08. The summed E-state index contributed by atoms with van der Waals surface area (Å²) in [6, 6.07) is 12.6. The maximum absolute atomic E-state index is 5.05. The molecule has 0 aliphatic carbocycles. The van der Waals surface area contributed by atoms with E-state index in [4.69, 9.17) is 4.74 Å². The van der Waals surface area contributed by atoms with Crippen molar-refractivity contribution >= 4 is 5.69 Å². The molecule has 112 valence electrons. The van der Waals surface area contributed by atoms with Crippen molar-refractivity contribution in [3.8, 4) is 5.88 Å². The molecule has 0 aliphatic rings. The molecular formula is C18H24N2O. The van der Waals surface area contributed by atoms with Crippen LogP contribution in [0.3, 0.4) is 0 Å². The lowest BCUT2D eigenvalue weighted by molar-refractivity contribution is 0.397. The number of aromatic nitrogens is 1. The van der Waals surface area contributed by atoms with Gasteiger partial charge in [-0.25, -0.2) is 4.98 Å². The fourth-order valence-electron chi connectivity index (χ4n) is 2.21. The molecule has 1 heterocycles. The zero-order chi connectivity index (χ0) is 14.9. The summed E-state index contributed by atoms with van der Waals surface area (Å²) in [5, 5.41) is 3.41.